The maximum atomic E-state index is 14.3. The fourth-order valence-electron chi connectivity index (χ4n) is 5.64. The molecule has 0 radical (unpaired) electrons. The van der Waals surface area contributed by atoms with Crippen LogP contribution in [0.4, 0.5) is 10.2 Å². The number of unbranched alkanes of at least 4 members (excludes halogenated alkanes) is 1. The first-order chi connectivity index (χ1) is 21.7. The van der Waals surface area contributed by atoms with Crippen LogP contribution >= 0.6 is 0 Å². The van der Waals surface area contributed by atoms with Crippen LogP contribution in [0.3, 0.4) is 0 Å². The maximum absolute atomic E-state index is 14.3. The molecule has 9 nitrogen and oxygen atoms in total. The second kappa shape index (κ2) is 14.5. The molecule has 0 saturated carbocycles. The van der Waals surface area contributed by atoms with Gasteiger partial charge in [0.05, 0.1) is 40.9 Å². The van der Waals surface area contributed by atoms with Gasteiger partial charge in [-0.25, -0.2) is 14.2 Å². The lowest BCUT2D eigenvalue weighted by Crippen LogP contribution is -2.32. The van der Waals surface area contributed by atoms with Gasteiger partial charge in [-0.2, -0.15) is 10.2 Å². The van der Waals surface area contributed by atoms with Crippen molar-refractivity contribution in [2.24, 2.45) is 5.92 Å². The van der Waals surface area contributed by atoms with Gasteiger partial charge in [0.2, 0.25) is 5.88 Å². The number of nitriles is 1. The predicted molar refractivity (Wildman–Crippen MR) is 170 cm³/mol. The van der Waals surface area contributed by atoms with E-state index in [0.29, 0.717) is 23.9 Å². The minimum Gasteiger partial charge on any atom is -0.478 e. The molecule has 45 heavy (non-hydrogen) atoms. The summed E-state index contributed by atoms with van der Waals surface area (Å²) in [6, 6.07) is 17.0. The number of pyridine rings is 1. The summed E-state index contributed by atoms with van der Waals surface area (Å²) in [6.07, 6.45) is 3.98. The Morgan fingerprint density at radius 3 is 2.69 bits per heavy atom. The average molecular weight is 614 g/mol. The SMILES string of the molecule is CC(C)CN(CCCC[C@@H](C)c1nc2ccc(C(=O)O)cc2n1C[C@@H]1CCO1)c1cccc(OCc2ccc(C#N)cc2F)n1. The van der Waals surface area contributed by atoms with Crippen LogP contribution in [0.2, 0.25) is 0 Å². The zero-order chi connectivity index (χ0) is 31.9. The quantitative estimate of drug-likeness (QED) is 0.143. The van der Waals surface area contributed by atoms with E-state index in [2.05, 4.69) is 30.2 Å². The second-order valence-corrected chi connectivity index (χ2v) is 12.1. The van der Waals surface area contributed by atoms with Gasteiger partial charge in [-0.05, 0) is 61.6 Å². The molecule has 0 amide bonds. The predicted octanol–water partition coefficient (Wildman–Crippen LogP) is 6.94. The van der Waals surface area contributed by atoms with Gasteiger partial charge >= 0.3 is 5.97 Å². The minimum absolute atomic E-state index is 0.0192. The number of fused-ring (bicyclic) bond motifs is 1. The molecule has 1 saturated heterocycles. The number of carboxylic acids is 1. The van der Waals surface area contributed by atoms with Crippen molar-refractivity contribution in [1.29, 1.82) is 5.26 Å². The van der Waals surface area contributed by atoms with Crippen LogP contribution in [-0.4, -0.2) is 51.4 Å². The van der Waals surface area contributed by atoms with E-state index in [4.69, 9.17) is 24.7 Å². The first-order valence-electron chi connectivity index (χ1n) is 15.6. The van der Waals surface area contributed by atoms with Crippen LogP contribution in [0.25, 0.3) is 11.0 Å². The Bertz CT molecular complexity index is 1680. The fourth-order valence-corrected chi connectivity index (χ4v) is 5.64. The van der Waals surface area contributed by atoms with Gasteiger partial charge in [-0.1, -0.05) is 39.3 Å². The van der Waals surface area contributed by atoms with Gasteiger partial charge in [0, 0.05) is 37.2 Å². The normalized spacial score (nSPS) is 15.1. The van der Waals surface area contributed by atoms with Crippen LogP contribution in [0.5, 0.6) is 5.88 Å². The van der Waals surface area contributed by atoms with Gasteiger partial charge < -0.3 is 24.0 Å². The van der Waals surface area contributed by atoms with Crippen molar-refractivity contribution in [3.05, 3.63) is 82.9 Å². The van der Waals surface area contributed by atoms with Crippen LogP contribution in [0.1, 0.15) is 79.7 Å². The van der Waals surface area contributed by atoms with E-state index >= 15 is 0 Å². The summed E-state index contributed by atoms with van der Waals surface area (Å²) >= 11 is 0. The van der Waals surface area contributed by atoms with Gasteiger partial charge in [-0.15, -0.1) is 0 Å². The number of benzene rings is 2. The second-order valence-electron chi connectivity index (χ2n) is 12.1. The first-order valence-corrected chi connectivity index (χ1v) is 15.6. The fraction of sp³-hybridized carbons (Fsp3) is 0.429. The summed E-state index contributed by atoms with van der Waals surface area (Å²) in [7, 11) is 0. The number of halogens is 1. The van der Waals surface area contributed by atoms with Crippen LogP contribution in [-0.2, 0) is 17.9 Å². The number of carboxylic acid groups (broad SMARTS) is 1. The lowest BCUT2D eigenvalue weighted by molar-refractivity contribution is -0.0591. The van der Waals surface area contributed by atoms with Crippen LogP contribution in [0.15, 0.2) is 54.6 Å². The van der Waals surface area contributed by atoms with E-state index < -0.39 is 11.8 Å². The van der Waals surface area contributed by atoms with Crippen molar-refractivity contribution in [1.82, 2.24) is 14.5 Å². The molecule has 2 aromatic carbocycles. The van der Waals surface area contributed by atoms with Crippen molar-refractivity contribution in [3.63, 3.8) is 0 Å². The van der Waals surface area contributed by atoms with Crippen molar-refractivity contribution in [3.8, 4) is 11.9 Å². The lowest BCUT2D eigenvalue weighted by atomic mass is 10.0. The van der Waals surface area contributed by atoms with E-state index in [1.54, 1.807) is 36.4 Å². The highest BCUT2D eigenvalue weighted by Gasteiger charge is 2.24. The Hall–Kier alpha value is -4.49. The van der Waals surface area contributed by atoms with E-state index in [9.17, 15) is 14.3 Å². The van der Waals surface area contributed by atoms with E-state index in [1.807, 2.05) is 18.2 Å². The highest BCUT2D eigenvalue weighted by Crippen LogP contribution is 2.29. The van der Waals surface area contributed by atoms with Crippen molar-refractivity contribution in [2.45, 2.75) is 71.6 Å². The largest absolute Gasteiger partial charge is 0.478 e. The number of carbonyl (C=O) groups is 1. The zero-order valence-electron chi connectivity index (χ0n) is 26.1. The number of hydrogen-bond acceptors (Lipinski definition) is 7. The number of nitrogens with zero attached hydrogens (tertiary/aromatic N) is 5. The average Bonchev–Trinajstić information content (AvgIpc) is 3.37. The molecular formula is C35H40FN5O4. The highest BCUT2D eigenvalue weighted by atomic mass is 19.1. The summed E-state index contributed by atoms with van der Waals surface area (Å²) in [5.41, 5.74) is 2.54. The number of hydrogen-bond donors (Lipinski definition) is 1. The number of ether oxygens (including phenoxy) is 2. The Balaban J connectivity index is 1.22. The van der Waals surface area contributed by atoms with Gasteiger partial charge in [0.1, 0.15) is 24.1 Å². The summed E-state index contributed by atoms with van der Waals surface area (Å²) in [5, 5.41) is 18.5. The van der Waals surface area contributed by atoms with Crippen molar-refractivity contribution < 1.29 is 23.8 Å². The summed E-state index contributed by atoms with van der Waals surface area (Å²) < 4.78 is 28.0. The molecule has 0 bridgehead atoms. The van der Waals surface area contributed by atoms with Crippen molar-refractivity contribution in [2.75, 3.05) is 24.6 Å². The molecule has 5 rings (SSSR count). The van der Waals surface area contributed by atoms with Crippen LogP contribution < -0.4 is 9.64 Å². The first kappa shape index (κ1) is 31.9. The Morgan fingerprint density at radius 2 is 2.00 bits per heavy atom. The molecule has 236 valence electrons. The molecule has 0 spiro atoms. The topological polar surface area (TPSA) is 114 Å². The number of aromatic carboxylic acids is 1. The molecule has 1 aliphatic heterocycles. The van der Waals surface area contributed by atoms with Crippen molar-refractivity contribution >= 4 is 22.8 Å². The monoisotopic (exact) mass is 613 g/mol. The highest BCUT2D eigenvalue weighted by molar-refractivity contribution is 5.92. The lowest BCUT2D eigenvalue weighted by Gasteiger charge is -2.28. The molecule has 1 fully saturated rings. The molecule has 2 atom stereocenters. The van der Waals surface area contributed by atoms with Crippen LogP contribution in [0, 0.1) is 23.1 Å². The van der Waals surface area contributed by atoms with Gasteiger partial charge in [0.15, 0.2) is 0 Å². The molecule has 1 N–H and O–H groups in total. The van der Waals surface area contributed by atoms with E-state index in [1.165, 1.54) is 6.07 Å². The Morgan fingerprint density at radius 1 is 1.18 bits per heavy atom. The molecule has 0 unspecified atom stereocenters. The Labute approximate surface area is 263 Å². The standard InChI is InChI=1S/C35H40FN5O4/c1-23(2)20-40(32-8-6-9-33(39-32)45-22-27-11-10-25(19-37)17-29(27)36)15-5-4-7-24(3)34-38-30-13-12-26(35(42)43)18-31(30)41(34)21-28-14-16-44-28/h6,8-13,17-18,23-24,28H,4-5,7,14-16,20-22H2,1-3H3,(H,42,43)/t24-,28+/m1/s1. The molecule has 4 aromatic rings. The smallest absolute Gasteiger partial charge is 0.335 e. The number of aromatic nitrogens is 3. The Kier molecular flexibility index (Phi) is 10.3. The van der Waals surface area contributed by atoms with E-state index in [0.717, 1.165) is 68.1 Å². The van der Waals surface area contributed by atoms with Gasteiger partial charge in [-0.3, -0.25) is 0 Å². The third-order valence-electron chi connectivity index (χ3n) is 8.14. The molecular weight excluding hydrogens is 573 g/mol. The number of anilines is 1. The maximum Gasteiger partial charge on any atom is 0.335 e. The summed E-state index contributed by atoms with van der Waals surface area (Å²) in [4.78, 5) is 23.6. The number of rotatable bonds is 15. The summed E-state index contributed by atoms with van der Waals surface area (Å²) in [5.74, 6) is 1.38. The third-order valence-corrected chi connectivity index (χ3v) is 8.14. The molecule has 0 aliphatic carbocycles. The summed E-state index contributed by atoms with van der Waals surface area (Å²) in [6.45, 7) is 9.63. The van der Waals surface area contributed by atoms with E-state index in [-0.39, 0.29) is 29.8 Å². The molecule has 1 aliphatic rings. The minimum atomic E-state index is -0.947. The third kappa shape index (κ3) is 7.97. The van der Waals surface area contributed by atoms with Gasteiger partial charge in [0.25, 0.3) is 0 Å². The molecule has 10 heteroatoms. The molecule has 2 aromatic heterocycles. The zero-order valence-corrected chi connectivity index (χ0v) is 26.1. The number of imidazole rings is 1. The molecule has 3 heterocycles.